The van der Waals surface area contributed by atoms with Crippen molar-refractivity contribution < 1.29 is 0 Å². The summed E-state index contributed by atoms with van der Waals surface area (Å²) in [7, 11) is 0. The molecule has 20 heavy (non-hydrogen) atoms. The fourth-order valence-corrected chi connectivity index (χ4v) is 2.44. The molecule has 3 rings (SSSR count). The second kappa shape index (κ2) is 5.70. The van der Waals surface area contributed by atoms with Crippen LogP contribution >= 0.6 is 0 Å². The van der Waals surface area contributed by atoms with E-state index >= 15 is 0 Å². The Morgan fingerprint density at radius 2 is 1.60 bits per heavy atom. The molecule has 0 radical (unpaired) electrons. The van der Waals surface area contributed by atoms with Crippen LogP contribution in [-0.4, -0.2) is 6.21 Å². The van der Waals surface area contributed by atoms with Gasteiger partial charge in [0.1, 0.15) is 0 Å². The van der Waals surface area contributed by atoms with Crippen molar-refractivity contribution in [2.75, 3.05) is 0 Å². The molecule has 0 amide bonds. The molecule has 3 aromatic rings. The third-order valence-electron chi connectivity index (χ3n) is 3.54. The van der Waals surface area contributed by atoms with Gasteiger partial charge < -0.3 is 0 Å². The van der Waals surface area contributed by atoms with Gasteiger partial charge in [0, 0.05) is 11.8 Å². The van der Waals surface area contributed by atoms with Crippen molar-refractivity contribution in [3.63, 3.8) is 0 Å². The number of aryl methyl sites for hydroxylation is 1. The molecule has 98 valence electrons. The summed E-state index contributed by atoms with van der Waals surface area (Å²) in [6, 6.07) is 23.0. The summed E-state index contributed by atoms with van der Waals surface area (Å²) in [5.41, 5.74) is 3.50. The Balaban J connectivity index is 2.03. The van der Waals surface area contributed by atoms with Crippen molar-refractivity contribution in [1.82, 2.24) is 0 Å². The fraction of sp³-hybridized carbons (Fsp3) is 0.105. The Labute approximate surface area is 119 Å². The third-order valence-corrected chi connectivity index (χ3v) is 3.54. The minimum atomic E-state index is 1.00. The molecule has 0 saturated carbocycles. The SMILES string of the molecule is CCc1ccccc1N=Cc1cccc2ccccc12. The first-order chi connectivity index (χ1) is 9.88. The molecule has 0 aliphatic carbocycles. The van der Waals surface area contributed by atoms with Crippen LogP contribution in [0.2, 0.25) is 0 Å². The van der Waals surface area contributed by atoms with E-state index in [9.17, 15) is 0 Å². The number of aliphatic imine (C=N–C) groups is 1. The summed E-state index contributed by atoms with van der Waals surface area (Å²) >= 11 is 0. The van der Waals surface area contributed by atoms with Gasteiger partial charge in [-0.25, -0.2) is 0 Å². The van der Waals surface area contributed by atoms with Crippen LogP contribution in [-0.2, 0) is 6.42 Å². The average Bonchev–Trinajstić information content (AvgIpc) is 2.53. The van der Waals surface area contributed by atoms with E-state index in [0.29, 0.717) is 0 Å². The molecular weight excluding hydrogens is 242 g/mol. The molecule has 1 heteroatoms. The number of benzene rings is 3. The summed E-state index contributed by atoms with van der Waals surface area (Å²) in [5.74, 6) is 0. The van der Waals surface area contributed by atoms with E-state index in [1.807, 2.05) is 12.3 Å². The van der Waals surface area contributed by atoms with E-state index in [4.69, 9.17) is 0 Å². The highest BCUT2D eigenvalue weighted by Crippen LogP contribution is 2.21. The molecule has 0 fully saturated rings. The Kier molecular flexibility index (Phi) is 3.60. The zero-order chi connectivity index (χ0) is 13.8. The highest BCUT2D eigenvalue weighted by molar-refractivity contribution is 6.00. The lowest BCUT2D eigenvalue weighted by molar-refractivity contribution is 1.13. The number of hydrogen-bond donors (Lipinski definition) is 0. The molecule has 0 aliphatic rings. The minimum absolute atomic E-state index is 1.00. The van der Waals surface area contributed by atoms with E-state index in [1.54, 1.807) is 0 Å². The normalized spacial score (nSPS) is 11.2. The molecular formula is C19H17N. The average molecular weight is 259 g/mol. The largest absolute Gasteiger partial charge is 0.256 e. The van der Waals surface area contributed by atoms with Crippen LogP contribution in [0.15, 0.2) is 71.7 Å². The summed E-state index contributed by atoms with van der Waals surface area (Å²) in [6.07, 6.45) is 2.97. The number of nitrogens with zero attached hydrogens (tertiary/aromatic N) is 1. The predicted molar refractivity (Wildman–Crippen MR) is 87.0 cm³/mol. The summed E-state index contributed by atoms with van der Waals surface area (Å²) < 4.78 is 0. The molecule has 1 nitrogen and oxygen atoms in total. The summed E-state index contributed by atoms with van der Waals surface area (Å²) in [5, 5.41) is 2.49. The van der Waals surface area contributed by atoms with Crippen molar-refractivity contribution in [1.29, 1.82) is 0 Å². The van der Waals surface area contributed by atoms with Gasteiger partial charge in [-0.05, 0) is 28.8 Å². The molecule has 0 heterocycles. The molecule has 0 aliphatic heterocycles. The van der Waals surface area contributed by atoms with Gasteiger partial charge in [0.15, 0.2) is 0 Å². The number of para-hydroxylation sites is 1. The lowest BCUT2D eigenvalue weighted by Crippen LogP contribution is -1.85. The maximum atomic E-state index is 4.67. The van der Waals surface area contributed by atoms with Crippen molar-refractivity contribution in [3.8, 4) is 0 Å². The van der Waals surface area contributed by atoms with E-state index in [2.05, 4.69) is 72.6 Å². The van der Waals surface area contributed by atoms with Gasteiger partial charge in [-0.15, -0.1) is 0 Å². The zero-order valence-electron chi connectivity index (χ0n) is 11.6. The van der Waals surface area contributed by atoms with Crippen molar-refractivity contribution >= 4 is 22.7 Å². The van der Waals surface area contributed by atoms with Gasteiger partial charge in [0.25, 0.3) is 0 Å². The van der Waals surface area contributed by atoms with E-state index in [0.717, 1.165) is 17.7 Å². The minimum Gasteiger partial charge on any atom is -0.256 e. The Bertz CT molecular complexity index is 751. The highest BCUT2D eigenvalue weighted by Gasteiger charge is 1.99. The molecule has 0 atom stereocenters. The predicted octanol–water partition coefficient (Wildman–Crippen LogP) is 5.15. The standard InChI is InChI=1S/C19H17N/c1-2-15-8-4-6-13-19(15)20-14-17-11-7-10-16-9-3-5-12-18(16)17/h3-14H,2H2,1H3. The van der Waals surface area contributed by atoms with Gasteiger partial charge in [-0.2, -0.15) is 0 Å². The number of hydrogen-bond acceptors (Lipinski definition) is 1. The Morgan fingerprint density at radius 3 is 2.50 bits per heavy atom. The Morgan fingerprint density at radius 1 is 0.850 bits per heavy atom. The van der Waals surface area contributed by atoms with Crippen molar-refractivity contribution in [2.45, 2.75) is 13.3 Å². The molecule has 0 spiro atoms. The summed E-state index contributed by atoms with van der Waals surface area (Å²) in [6.45, 7) is 2.16. The number of fused-ring (bicyclic) bond motifs is 1. The molecule has 3 aromatic carbocycles. The first-order valence-corrected chi connectivity index (χ1v) is 6.98. The first kappa shape index (κ1) is 12.6. The quantitative estimate of drug-likeness (QED) is 0.577. The van der Waals surface area contributed by atoms with E-state index in [1.165, 1.54) is 16.3 Å². The van der Waals surface area contributed by atoms with Crippen LogP contribution in [0.1, 0.15) is 18.1 Å². The molecule has 0 N–H and O–H groups in total. The maximum Gasteiger partial charge on any atom is 0.0661 e. The third kappa shape index (κ3) is 2.48. The molecule has 0 bridgehead atoms. The Hall–Kier alpha value is -2.41. The molecule has 0 aromatic heterocycles. The lowest BCUT2D eigenvalue weighted by Gasteiger charge is -2.03. The highest BCUT2D eigenvalue weighted by atomic mass is 14.7. The molecule has 0 unspecified atom stereocenters. The topological polar surface area (TPSA) is 12.4 Å². The smallest absolute Gasteiger partial charge is 0.0661 e. The lowest BCUT2D eigenvalue weighted by atomic mass is 10.1. The first-order valence-electron chi connectivity index (χ1n) is 6.98. The monoisotopic (exact) mass is 259 g/mol. The fourth-order valence-electron chi connectivity index (χ4n) is 2.44. The second-order valence-corrected chi connectivity index (χ2v) is 4.81. The van der Waals surface area contributed by atoms with Gasteiger partial charge in [-0.1, -0.05) is 67.6 Å². The van der Waals surface area contributed by atoms with Crippen LogP contribution in [0.4, 0.5) is 5.69 Å². The molecule has 0 saturated heterocycles. The van der Waals surface area contributed by atoms with Crippen LogP contribution in [0.3, 0.4) is 0 Å². The van der Waals surface area contributed by atoms with Gasteiger partial charge in [0.2, 0.25) is 0 Å². The van der Waals surface area contributed by atoms with Gasteiger partial charge in [0.05, 0.1) is 5.69 Å². The van der Waals surface area contributed by atoms with E-state index in [-0.39, 0.29) is 0 Å². The van der Waals surface area contributed by atoms with Crippen LogP contribution in [0.5, 0.6) is 0 Å². The van der Waals surface area contributed by atoms with Gasteiger partial charge in [-0.3, -0.25) is 4.99 Å². The second-order valence-electron chi connectivity index (χ2n) is 4.81. The van der Waals surface area contributed by atoms with Crippen LogP contribution in [0, 0.1) is 0 Å². The number of rotatable bonds is 3. The van der Waals surface area contributed by atoms with Crippen molar-refractivity contribution in [2.24, 2.45) is 4.99 Å². The van der Waals surface area contributed by atoms with E-state index < -0.39 is 0 Å². The zero-order valence-corrected chi connectivity index (χ0v) is 11.6. The van der Waals surface area contributed by atoms with Crippen molar-refractivity contribution in [3.05, 3.63) is 77.9 Å². The van der Waals surface area contributed by atoms with Crippen LogP contribution < -0.4 is 0 Å². The van der Waals surface area contributed by atoms with Gasteiger partial charge >= 0.3 is 0 Å². The van der Waals surface area contributed by atoms with Crippen LogP contribution in [0.25, 0.3) is 10.8 Å². The summed E-state index contributed by atoms with van der Waals surface area (Å²) in [4.78, 5) is 4.67. The maximum absolute atomic E-state index is 4.67.